The van der Waals surface area contributed by atoms with Crippen LogP contribution in [0.5, 0.6) is 0 Å². The molecule has 1 aliphatic heterocycles. The summed E-state index contributed by atoms with van der Waals surface area (Å²) in [5.41, 5.74) is 4.11. The number of hydrogen-bond acceptors (Lipinski definition) is 1. The third-order valence-corrected chi connectivity index (χ3v) is 4.90. The molecular weight excluding hydrogens is 248 g/mol. The molecule has 1 unspecified atom stereocenters. The predicted octanol–water partition coefficient (Wildman–Crippen LogP) is 5.25. The summed E-state index contributed by atoms with van der Waals surface area (Å²) in [6.07, 6.45) is 3.67. The first-order chi connectivity index (χ1) is 9.38. The zero-order valence-corrected chi connectivity index (χ0v) is 12.0. The van der Waals surface area contributed by atoms with Gasteiger partial charge in [-0.2, -0.15) is 0 Å². The molecule has 19 heavy (non-hydrogen) atoms. The zero-order chi connectivity index (χ0) is 13.1. The van der Waals surface area contributed by atoms with Crippen molar-refractivity contribution in [3.8, 4) is 0 Å². The van der Waals surface area contributed by atoms with Gasteiger partial charge in [0, 0.05) is 10.6 Å². The number of allylic oxidation sites excluding steroid dienone is 1. The first-order valence-electron chi connectivity index (χ1n) is 6.88. The van der Waals surface area contributed by atoms with Crippen LogP contribution in [0.2, 0.25) is 0 Å². The zero-order valence-electron chi connectivity index (χ0n) is 11.2. The second-order valence-electron chi connectivity index (χ2n) is 4.92. The normalized spacial score (nSPS) is 18.4. The Bertz CT molecular complexity index is 584. The van der Waals surface area contributed by atoms with E-state index in [0.717, 1.165) is 0 Å². The molecule has 0 N–H and O–H groups in total. The molecule has 1 atom stereocenters. The smallest absolute Gasteiger partial charge is 0.0151 e. The van der Waals surface area contributed by atoms with Crippen LogP contribution in [0, 0.1) is 5.92 Å². The van der Waals surface area contributed by atoms with Gasteiger partial charge in [-0.25, -0.2) is 0 Å². The third-order valence-electron chi connectivity index (χ3n) is 3.64. The van der Waals surface area contributed by atoms with E-state index in [9.17, 15) is 0 Å². The molecule has 0 spiro atoms. The number of benzene rings is 2. The van der Waals surface area contributed by atoms with E-state index in [1.807, 2.05) is 11.8 Å². The molecule has 3 rings (SSSR count). The minimum atomic E-state index is 0.660. The molecule has 0 saturated carbocycles. The molecule has 1 aliphatic rings. The van der Waals surface area contributed by atoms with E-state index in [1.54, 1.807) is 0 Å². The molecule has 0 bridgehead atoms. The molecule has 0 amide bonds. The summed E-state index contributed by atoms with van der Waals surface area (Å²) in [6, 6.07) is 19.5. The average molecular weight is 266 g/mol. The lowest BCUT2D eigenvalue weighted by molar-refractivity contribution is 0.712. The van der Waals surface area contributed by atoms with Gasteiger partial charge in [0.05, 0.1) is 0 Å². The van der Waals surface area contributed by atoms with Crippen LogP contribution in [-0.2, 0) is 0 Å². The minimum absolute atomic E-state index is 0.660. The van der Waals surface area contributed by atoms with Gasteiger partial charge in [0.15, 0.2) is 0 Å². The Hall–Kier alpha value is -1.47. The first kappa shape index (κ1) is 12.6. The van der Waals surface area contributed by atoms with E-state index in [1.165, 1.54) is 33.8 Å². The number of rotatable bonds is 2. The van der Waals surface area contributed by atoms with Gasteiger partial charge in [-0.3, -0.25) is 0 Å². The minimum Gasteiger partial charge on any atom is -0.125 e. The summed E-state index contributed by atoms with van der Waals surface area (Å²) in [5, 5.41) is 0. The highest BCUT2D eigenvalue weighted by atomic mass is 32.2. The van der Waals surface area contributed by atoms with Crippen LogP contribution in [0.25, 0.3) is 5.57 Å². The van der Waals surface area contributed by atoms with E-state index in [0.29, 0.717) is 5.92 Å². The Kier molecular flexibility index (Phi) is 3.74. The van der Waals surface area contributed by atoms with Gasteiger partial charge < -0.3 is 0 Å². The van der Waals surface area contributed by atoms with Gasteiger partial charge in [-0.1, -0.05) is 61.5 Å². The standard InChI is InChI=1S/C18H18S/c1-2-14-12-17(15-8-4-3-5-9-15)16-10-6-7-11-18(16)19-13-14/h3-12,14H,2,13H2,1H3. The molecule has 96 valence electrons. The summed E-state index contributed by atoms with van der Waals surface area (Å²) >= 11 is 1.99. The van der Waals surface area contributed by atoms with Crippen molar-refractivity contribution in [2.45, 2.75) is 18.2 Å². The number of fused-ring (bicyclic) bond motifs is 1. The Morgan fingerprint density at radius 2 is 1.74 bits per heavy atom. The molecule has 0 nitrogen and oxygen atoms in total. The molecule has 0 aromatic heterocycles. The highest BCUT2D eigenvalue weighted by Crippen LogP contribution is 2.38. The van der Waals surface area contributed by atoms with Gasteiger partial charge in [0.1, 0.15) is 0 Å². The molecular formula is C18H18S. The fourth-order valence-electron chi connectivity index (χ4n) is 2.49. The lowest BCUT2D eigenvalue weighted by Gasteiger charge is -2.11. The van der Waals surface area contributed by atoms with Crippen LogP contribution in [0.4, 0.5) is 0 Å². The summed E-state index contributed by atoms with van der Waals surface area (Å²) in [7, 11) is 0. The van der Waals surface area contributed by atoms with Crippen molar-refractivity contribution < 1.29 is 0 Å². The van der Waals surface area contributed by atoms with E-state index < -0.39 is 0 Å². The highest BCUT2D eigenvalue weighted by molar-refractivity contribution is 7.99. The van der Waals surface area contributed by atoms with Crippen LogP contribution in [0.1, 0.15) is 24.5 Å². The molecule has 1 heteroatoms. The van der Waals surface area contributed by atoms with E-state index in [4.69, 9.17) is 0 Å². The molecule has 0 saturated heterocycles. The second kappa shape index (κ2) is 5.66. The summed E-state index contributed by atoms with van der Waals surface area (Å²) in [5.74, 6) is 1.84. The molecule has 2 aromatic rings. The molecule has 0 radical (unpaired) electrons. The topological polar surface area (TPSA) is 0 Å². The summed E-state index contributed by atoms with van der Waals surface area (Å²) < 4.78 is 0. The summed E-state index contributed by atoms with van der Waals surface area (Å²) in [4.78, 5) is 1.41. The van der Waals surface area contributed by atoms with Crippen LogP contribution < -0.4 is 0 Å². The fraction of sp³-hybridized carbons (Fsp3) is 0.222. The maximum Gasteiger partial charge on any atom is 0.0151 e. The maximum absolute atomic E-state index is 2.47. The van der Waals surface area contributed by atoms with Gasteiger partial charge in [-0.15, -0.1) is 11.8 Å². The molecule has 2 aromatic carbocycles. The van der Waals surface area contributed by atoms with Crippen molar-refractivity contribution >= 4 is 17.3 Å². The Morgan fingerprint density at radius 1 is 1.00 bits per heavy atom. The Morgan fingerprint density at radius 3 is 2.53 bits per heavy atom. The van der Waals surface area contributed by atoms with Gasteiger partial charge in [0.25, 0.3) is 0 Å². The van der Waals surface area contributed by atoms with E-state index in [2.05, 4.69) is 67.6 Å². The SMILES string of the molecule is CCC1C=C(c2ccccc2)c2ccccc2SC1. The van der Waals surface area contributed by atoms with E-state index in [-0.39, 0.29) is 0 Å². The molecule has 0 fully saturated rings. The fourth-order valence-corrected chi connectivity index (χ4v) is 3.72. The van der Waals surface area contributed by atoms with Crippen molar-refractivity contribution in [3.63, 3.8) is 0 Å². The predicted molar refractivity (Wildman–Crippen MR) is 84.5 cm³/mol. The van der Waals surface area contributed by atoms with Crippen LogP contribution in [0.3, 0.4) is 0 Å². The second-order valence-corrected chi connectivity index (χ2v) is 5.98. The largest absolute Gasteiger partial charge is 0.125 e. The van der Waals surface area contributed by atoms with Crippen LogP contribution in [0.15, 0.2) is 65.6 Å². The molecule has 0 aliphatic carbocycles. The van der Waals surface area contributed by atoms with Gasteiger partial charge in [-0.05, 0) is 35.1 Å². The quantitative estimate of drug-likeness (QED) is 0.715. The van der Waals surface area contributed by atoms with Crippen molar-refractivity contribution in [3.05, 3.63) is 71.8 Å². The monoisotopic (exact) mass is 266 g/mol. The average Bonchev–Trinajstić information content (AvgIpc) is 2.68. The Balaban J connectivity index is 2.14. The lowest BCUT2D eigenvalue weighted by Crippen LogP contribution is -1.97. The van der Waals surface area contributed by atoms with Crippen molar-refractivity contribution in [2.75, 3.05) is 5.75 Å². The number of hydrogen-bond donors (Lipinski definition) is 0. The summed E-state index contributed by atoms with van der Waals surface area (Å²) in [6.45, 7) is 2.28. The van der Waals surface area contributed by atoms with Gasteiger partial charge >= 0.3 is 0 Å². The first-order valence-corrected chi connectivity index (χ1v) is 7.86. The van der Waals surface area contributed by atoms with E-state index >= 15 is 0 Å². The Labute approximate surface area is 119 Å². The highest BCUT2D eigenvalue weighted by Gasteiger charge is 2.17. The van der Waals surface area contributed by atoms with Crippen LogP contribution in [-0.4, -0.2) is 5.75 Å². The van der Waals surface area contributed by atoms with Gasteiger partial charge in [0.2, 0.25) is 0 Å². The van der Waals surface area contributed by atoms with Crippen LogP contribution >= 0.6 is 11.8 Å². The lowest BCUT2D eigenvalue weighted by atomic mass is 9.93. The van der Waals surface area contributed by atoms with Crippen molar-refractivity contribution in [1.82, 2.24) is 0 Å². The number of thioether (sulfide) groups is 1. The van der Waals surface area contributed by atoms with Crippen molar-refractivity contribution in [1.29, 1.82) is 0 Å². The molecule has 1 heterocycles. The maximum atomic E-state index is 2.47. The van der Waals surface area contributed by atoms with Crippen molar-refractivity contribution in [2.24, 2.45) is 5.92 Å². The third kappa shape index (κ3) is 2.62.